The molecule has 0 saturated carbocycles. The number of rotatable bonds is 5. The van der Waals surface area contributed by atoms with Crippen LogP contribution in [0.2, 0.25) is 5.02 Å². The minimum absolute atomic E-state index is 0.254. The summed E-state index contributed by atoms with van der Waals surface area (Å²) in [6.45, 7) is 1.01. The smallest absolute Gasteiger partial charge is 0.258 e. The number of nitrogens with one attached hydrogen (secondary N) is 1. The summed E-state index contributed by atoms with van der Waals surface area (Å²) in [7, 11) is 0. The van der Waals surface area contributed by atoms with E-state index in [1.807, 2.05) is 0 Å². The van der Waals surface area contributed by atoms with Gasteiger partial charge in [0, 0.05) is 5.02 Å². The van der Waals surface area contributed by atoms with E-state index >= 15 is 0 Å². The fourth-order valence-corrected chi connectivity index (χ4v) is 1.37. The van der Waals surface area contributed by atoms with E-state index in [2.05, 4.69) is 5.32 Å². The third-order valence-corrected chi connectivity index (χ3v) is 2.16. The Bertz CT molecular complexity index is 433. The molecule has 0 aliphatic carbocycles. The minimum Gasteiger partial charge on any atom is -0.548 e. The van der Waals surface area contributed by atoms with Gasteiger partial charge in [0.2, 0.25) is 0 Å². The first-order valence-electron chi connectivity index (χ1n) is 4.84. The quantitative estimate of drug-likeness (QED) is 0.798. The molecule has 0 heterocycles. The van der Waals surface area contributed by atoms with Crippen LogP contribution in [-0.2, 0) is 9.59 Å². The first kappa shape index (κ1) is 13.3. The lowest BCUT2D eigenvalue weighted by molar-refractivity contribution is -0.304. The van der Waals surface area contributed by atoms with Crippen LogP contribution >= 0.6 is 11.6 Å². The van der Waals surface area contributed by atoms with Gasteiger partial charge in [0.15, 0.2) is 6.61 Å². The van der Waals surface area contributed by atoms with E-state index in [-0.39, 0.29) is 6.61 Å². The molecule has 1 aromatic rings. The summed E-state index contributed by atoms with van der Waals surface area (Å²) >= 11 is 5.76. The fourth-order valence-electron chi connectivity index (χ4n) is 1.14. The normalized spacial score (nSPS) is 9.76. The molecule has 0 bridgehead atoms. The van der Waals surface area contributed by atoms with Gasteiger partial charge in [-0.25, -0.2) is 0 Å². The number of carboxylic acids is 1. The predicted molar refractivity (Wildman–Crippen MR) is 59.7 cm³/mol. The van der Waals surface area contributed by atoms with E-state index in [1.54, 1.807) is 25.1 Å². The van der Waals surface area contributed by atoms with Gasteiger partial charge in [0.05, 0.1) is 12.5 Å². The second kappa shape index (κ2) is 6.10. The third kappa shape index (κ3) is 4.74. The van der Waals surface area contributed by atoms with E-state index in [9.17, 15) is 14.7 Å². The SMILES string of the molecule is Cc1cc(Cl)ccc1OCC(=O)NCC(=O)[O-]. The van der Waals surface area contributed by atoms with Crippen molar-refractivity contribution >= 4 is 23.5 Å². The van der Waals surface area contributed by atoms with Crippen molar-refractivity contribution in [2.24, 2.45) is 0 Å². The summed E-state index contributed by atoms with van der Waals surface area (Å²) in [6.07, 6.45) is 0. The van der Waals surface area contributed by atoms with Crippen LogP contribution in [0.5, 0.6) is 5.75 Å². The molecular weight excluding hydrogens is 246 g/mol. The molecule has 1 N–H and O–H groups in total. The van der Waals surface area contributed by atoms with Crippen molar-refractivity contribution in [1.82, 2.24) is 5.32 Å². The maximum absolute atomic E-state index is 11.1. The topological polar surface area (TPSA) is 78.5 Å². The van der Waals surface area contributed by atoms with Gasteiger partial charge in [-0.3, -0.25) is 4.79 Å². The average Bonchev–Trinajstić information content (AvgIpc) is 2.25. The molecule has 0 unspecified atom stereocenters. The van der Waals surface area contributed by atoms with Gasteiger partial charge in [0.25, 0.3) is 5.91 Å². The van der Waals surface area contributed by atoms with Crippen molar-refractivity contribution in [1.29, 1.82) is 0 Å². The van der Waals surface area contributed by atoms with Crippen molar-refractivity contribution in [3.63, 3.8) is 0 Å². The van der Waals surface area contributed by atoms with E-state index in [0.29, 0.717) is 10.8 Å². The van der Waals surface area contributed by atoms with Gasteiger partial charge >= 0.3 is 0 Å². The van der Waals surface area contributed by atoms with Crippen LogP contribution in [0.15, 0.2) is 18.2 Å². The number of amides is 1. The Labute approximate surface area is 103 Å². The van der Waals surface area contributed by atoms with Crippen molar-refractivity contribution in [3.8, 4) is 5.75 Å². The molecule has 0 aliphatic heterocycles. The largest absolute Gasteiger partial charge is 0.548 e. The first-order valence-corrected chi connectivity index (χ1v) is 5.22. The zero-order chi connectivity index (χ0) is 12.8. The van der Waals surface area contributed by atoms with E-state index in [0.717, 1.165) is 5.56 Å². The molecule has 1 rings (SSSR count). The van der Waals surface area contributed by atoms with Gasteiger partial charge in [-0.1, -0.05) is 11.6 Å². The molecule has 0 fully saturated rings. The lowest BCUT2D eigenvalue weighted by Gasteiger charge is -2.09. The van der Waals surface area contributed by atoms with Crippen molar-refractivity contribution in [2.45, 2.75) is 6.92 Å². The molecule has 0 spiro atoms. The Morgan fingerprint density at radius 1 is 1.47 bits per heavy atom. The van der Waals surface area contributed by atoms with Crippen LogP contribution in [0, 0.1) is 6.92 Å². The molecule has 0 aromatic heterocycles. The molecule has 0 aliphatic rings. The zero-order valence-corrected chi connectivity index (χ0v) is 9.91. The molecule has 0 saturated heterocycles. The van der Waals surface area contributed by atoms with Gasteiger partial charge in [0.1, 0.15) is 5.75 Å². The monoisotopic (exact) mass is 256 g/mol. The van der Waals surface area contributed by atoms with Gasteiger partial charge in [-0.2, -0.15) is 0 Å². The van der Waals surface area contributed by atoms with Gasteiger partial charge in [-0.15, -0.1) is 0 Å². The highest BCUT2D eigenvalue weighted by Crippen LogP contribution is 2.21. The fraction of sp³-hybridized carbons (Fsp3) is 0.273. The molecule has 92 valence electrons. The third-order valence-electron chi connectivity index (χ3n) is 1.93. The van der Waals surface area contributed by atoms with Crippen molar-refractivity contribution in [2.75, 3.05) is 13.2 Å². The Morgan fingerprint density at radius 3 is 2.76 bits per heavy atom. The summed E-state index contributed by atoms with van der Waals surface area (Å²) < 4.78 is 5.20. The molecule has 0 atom stereocenters. The van der Waals surface area contributed by atoms with Crippen LogP contribution in [0.4, 0.5) is 0 Å². The highest BCUT2D eigenvalue weighted by molar-refractivity contribution is 6.30. The first-order chi connectivity index (χ1) is 7.99. The number of carbonyl (C=O) groups excluding carboxylic acids is 2. The Hall–Kier alpha value is -1.75. The second-order valence-corrected chi connectivity index (χ2v) is 3.78. The highest BCUT2D eigenvalue weighted by atomic mass is 35.5. The highest BCUT2D eigenvalue weighted by Gasteiger charge is 2.04. The number of halogens is 1. The molecular formula is C11H11ClNO4-. The maximum Gasteiger partial charge on any atom is 0.258 e. The number of carbonyl (C=O) groups is 2. The van der Waals surface area contributed by atoms with Crippen LogP contribution in [-0.4, -0.2) is 25.0 Å². The number of aliphatic carboxylic acids is 1. The minimum atomic E-state index is -1.35. The number of carboxylic acid groups (broad SMARTS) is 1. The zero-order valence-electron chi connectivity index (χ0n) is 9.16. The molecule has 0 radical (unpaired) electrons. The Kier molecular flexibility index (Phi) is 4.78. The average molecular weight is 257 g/mol. The van der Waals surface area contributed by atoms with Gasteiger partial charge < -0.3 is 20.0 Å². The number of hydrogen-bond acceptors (Lipinski definition) is 4. The molecule has 17 heavy (non-hydrogen) atoms. The summed E-state index contributed by atoms with van der Waals surface area (Å²) in [5.41, 5.74) is 0.796. The van der Waals surface area contributed by atoms with Crippen LogP contribution in [0.25, 0.3) is 0 Å². The Balaban J connectivity index is 2.44. The summed E-state index contributed by atoms with van der Waals surface area (Å²) in [6, 6.07) is 4.99. The van der Waals surface area contributed by atoms with Crippen LogP contribution in [0.1, 0.15) is 5.56 Å². The molecule has 5 nitrogen and oxygen atoms in total. The summed E-state index contributed by atoms with van der Waals surface area (Å²) in [4.78, 5) is 21.2. The van der Waals surface area contributed by atoms with E-state index in [4.69, 9.17) is 16.3 Å². The van der Waals surface area contributed by atoms with Crippen LogP contribution in [0.3, 0.4) is 0 Å². The van der Waals surface area contributed by atoms with Gasteiger partial charge in [-0.05, 0) is 30.7 Å². The standard InChI is InChI=1S/C11H12ClNO4/c1-7-4-8(12)2-3-9(7)17-6-10(14)13-5-11(15)16/h2-4H,5-6H2,1H3,(H,13,14)(H,15,16)/p-1. The molecule has 1 aromatic carbocycles. The maximum atomic E-state index is 11.1. The number of benzene rings is 1. The molecule has 1 amide bonds. The number of hydrogen-bond donors (Lipinski definition) is 1. The Morgan fingerprint density at radius 2 is 2.18 bits per heavy atom. The summed E-state index contributed by atoms with van der Waals surface area (Å²) in [5, 5.41) is 12.8. The lowest BCUT2D eigenvalue weighted by atomic mass is 10.2. The van der Waals surface area contributed by atoms with Crippen molar-refractivity contribution in [3.05, 3.63) is 28.8 Å². The van der Waals surface area contributed by atoms with Crippen LogP contribution < -0.4 is 15.2 Å². The number of aryl methyl sites for hydroxylation is 1. The summed E-state index contributed by atoms with van der Waals surface area (Å²) in [5.74, 6) is -1.34. The van der Waals surface area contributed by atoms with Crippen molar-refractivity contribution < 1.29 is 19.4 Å². The lowest BCUT2D eigenvalue weighted by Crippen LogP contribution is -2.39. The second-order valence-electron chi connectivity index (χ2n) is 3.35. The number of ether oxygens (including phenoxy) is 1. The van der Waals surface area contributed by atoms with E-state index < -0.39 is 18.4 Å². The molecule has 6 heteroatoms. The predicted octanol–water partition coefficient (Wildman–Crippen LogP) is -0.107. The van der Waals surface area contributed by atoms with E-state index in [1.165, 1.54) is 0 Å².